The summed E-state index contributed by atoms with van der Waals surface area (Å²) in [6.45, 7) is 3.91. The summed E-state index contributed by atoms with van der Waals surface area (Å²) < 4.78 is 42.8. The van der Waals surface area contributed by atoms with Crippen molar-refractivity contribution in [3.63, 3.8) is 0 Å². The molecule has 5 atom stereocenters. The number of halogens is 2. The number of carbonyl (C=O) groups is 1. The third-order valence-corrected chi connectivity index (χ3v) is 7.87. The van der Waals surface area contributed by atoms with Gasteiger partial charge >= 0.3 is 6.61 Å². The van der Waals surface area contributed by atoms with Gasteiger partial charge in [-0.2, -0.15) is 8.78 Å². The van der Waals surface area contributed by atoms with Gasteiger partial charge in [-0.3, -0.25) is 4.79 Å². The number of alkyl halides is 2. The summed E-state index contributed by atoms with van der Waals surface area (Å²) in [7, 11) is 1.44. The number of hydrogen-bond donors (Lipinski definition) is 1. The zero-order chi connectivity index (χ0) is 21.7. The van der Waals surface area contributed by atoms with E-state index < -0.39 is 6.61 Å². The molecular weight excluding hydrogens is 392 g/mol. The van der Waals surface area contributed by atoms with Crippen molar-refractivity contribution >= 4 is 5.91 Å². The predicted molar refractivity (Wildman–Crippen MR) is 108 cm³/mol. The largest absolute Gasteiger partial charge is 0.493 e. The van der Waals surface area contributed by atoms with Gasteiger partial charge in [0.25, 0.3) is 0 Å². The lowest BCUT2D eigenvalue weighted by Gasteiger charge is -2.53. The molecule has 1 saturated heterocycles. The molecule has 2 aliphatic carbocycles. The second-order valence-corrected chi connectivity index (χ2v) is 9.45. The van der Waals surface area contributed by atoms with Crippen LogP contribution in [0.15, 0.2) is 18.2 Å². The third-order valence-electron chi connectivity index (χ3n) is 7.87. The van der Waals surface area contributed by atoms with E-state index in [1.807, 2.05) is 6.92 Å². The summed E-state index contributed by atoms with van der Waals surface area (Å²) >= 11 is 0. The van der Waals surface area contributed by atoms with E-state index in [1.54, 1.807) is 18.2 Å². The van der Waals surface area contributed by atoms with Gasteiger partial charge in [-0.1, -0.05) is 32.9 Å². The molecule has 0 aromatic heterocycles. The molecule has 4 rings (SSSR count). The van der Waals surface area contributed by atoms with Gasteiger partial charge in [-0.05, 0) is 48.0 Å². The van der Waals surface area contributed by atoms with Crippen molar-refractivity contribution in [2.75, 3.05) is 13.7 Å². The summed E-state index contributed by atoms with van der Waals surface area (Å²) in [4.78, 5) is 12.4. The summed E-state index contributed by atoms with van der Waals surface area (Å²) in [5.74, 6) is 0.945. The first kappa shape index (κ1) is 21.3. The fourth-order valence-corrected chi connectivity index (χ4v) is 6.49. The maximum Gasteiger partial charge on any atom is 0.387 e. The summed E-state index contributed by atoms with van der Waals surface area (Å²) in [6, 6.07) is 5.23. The molecule has 5 nitrogen and oxygen atoms in total. The maximum atomic E-state index is 13.2. The molecule has 1 N–H and O–H groups in total. The van der Waals surface area contributed by atoms with E-state index in [0.717, 1.165) is 19.3 Å². The standard InChI is InChI=1S/C23H31F2NO4/c1-5-17(27)26-20-22(2,3)13-11-15-18(29-10-9-23(15,20)12-13)14-7-6-8-16(28-4)19(14)30-21(24)25/h6-8,13,15,18,20-21H,5,9-12H2,1-4H3,(H,26,27)/t13-,15-,18-,20+,23-/m1/s1. The molecular formula is C23H31F2NO4. The molecule has 3 aliphatic rings. The monoisotopic (exact) mass is 423 g/mol. The number of fused-ring (bicyclic) bond motifs is 1. The molecule has 0 radical (unpaired) electrons. The lowest BCUT2D eigenvalue weighted by molar-refractivity contribution is -0.138. The van der Waals surface area contributed by atoms with Gasteiger partial charge in [-0.25, -0.2) is 0 Å². The molecule has 1 aromatic carbocycles. The number of rotatable bonds is 6. The van der Waals surface area contributed by atoms with Crippen molar-refractivity contribution in [1.82, 2.24) is 5.32 Å². The van der Waals surface area contributed by atoms with Crippen LogP contribution in [0.4, 0.5) is 8.78 Å². The van der Waals surface area contributed by atoms with Crippen LogP contribution in [-0.4, -0.2) is 32.3 Å². The van der Waals surface area contributed by atoms with E-state index in [-0.39, 0.29) is 46.3 Å². The Hall–Kier alpha value is -1.89. The second kappa shape index (κ2) is 7.66. The molecule has 1 spiro atoms. The smallest absolute Gasteiger partial charge is 0.387 e. The van der Waals surface area contributed by atoms with E-state index in [2.05, 4.69) is 19.2 Å². The molecule has 0 unspecified atom stereocenters. The van der Waals surface area contributed by atoms with Crippen molar-refractivity contribution in [2.24, 2.45) is 22.7 Å². The molecule has 1 amide bonds. The number of nitrogens with one attached hydrogen (secondary N) is 1. The highest BCUT2D eigenvalue weighted by Crippen LogP contribution is 2.71. The Morgan fingerprint density at radius 3 is 2.80 bits per heavy atom. The van der Waals surface area contributed by atoms with Crippen molar-refractivity contribution in [2.45, 2.75) is 65.2 Å². The van der Waals surface area contributed by atoms with Gasteiger partial charge in [0.2, 0.25) is 5.91 Å². The lowest BCUT2D eigenvalue weighted by Crippen LogP contribution is -2.58. The molecule has 2 bridgehead atoms. The lowest BCUT2D eigenvalue weighted by atomic mass is 9.58. The SMILES string of the molecule is CCC(=O)N[C@H]1C(C)(C)[C@@H]2C[C@@H]3[C@@H](c4cccc(OC)c4OC(F)F)OCC[C@@]31C2. The van der Waals surface area contributed by atoms with E-state index in [0.29, 0.717) is 24.5 Å². The van der Waals surface area contributed by atoms with Crippen LogP contribution in [0.2, 0.25) is 0 Å². The van der Waals surface area contributed by atoms with Crippen LogP contribution in [0, 0.1) is 22.7 Å². The van der Waals surface area contributed by atoms with E-state index in [1.165, 1.54) is 7.11 Å². The normalized spacial score (nSPS) is 34.0. The van der Waals surface area contributed by atoms with Crippen LogP contribution >= 0.6 is 0 Å². The fraction of sp³-hybridized carbons (Fsp3) is 0.696. The van der Waals surface area contributed by atoms with Crippen LogP contribution in [0.1, 0.15) is 58.1 Å². The average molecular weight is 424 g/mol. The number of benzene rings is 1. The summed E-state index contributed by atoms with van der Waals surface area (Å²) in [6.07, 6.45) is 2.90. The van der Waals surface area contributed by atoms with E-state index >= 15 is 0 Å². The highest BCUT2D eigenvalue weighted by molar-refractivity contribution is 5.76. The molecule has 30 heavy (non-hydrogen) atoms. The molecule has 1 heterocycles. The topological polar surface area (TPSA) is 56.8 Å². The van der Waals surface area contributed by atoms with Crippen LogP contribution in [0.5, 0.6) is 11.5 Å². The average Bonchev–Trinajstić information content (AvgIpc) is 3.20. The summed E-state index contributed by atoms with van der Waals surface area (Å²) in [5, 5.41) is 3.31. The highest BCUT2D eigenvalue weighted by atomic mass is 19.3. The predicted octanol–water partition coefficient (Wildman–Crippen LogP) is 4.71. The Balaban J connectivity index is 1.74. The van der Waals surface area contributed by atoms with Gasteiger partial charge in [-0.15, -0.1) is 0 Å². The number of ether oxygens (including phenoxy) is 3. The molecule has 3 fully saturated rings. The maximum absolute atomic E-state index is 13.2. The Morgan fingerprint density at radius 2 is 2.13 bits per heavy atom. The molecule has 1 aliphatic heterocycles. The third kappa shape index (κ3) is 3.17. The van der Waals surface area contributed by atoms with E-state index in [4.69, 9.17) is 14.2 Å². The quantitative estimate of drug-likeness (QED) is 0.720. The zero-order valence-electron chi connectivity index (χ0n) is 18.0. The zero-order valence-corrected chi connectivity index (χ0v) is 18.0. The summed E-state index contributed by atoms with van der Waals surface area (Å²) in [5.41, 5.74) is 0.483. The minimum Gasteiger partial charge on any atom is -0.493 e. The van der Waals surface area contributed by atoms with Gasteiger partial charge in [0, 0.05) is 24.6 Å². The van der Waals surface area contributed by atoms with E-state index in [9.17, 15) is 13.6 Å². The molecule has 2 saturated carbocycles. The van der Waals surface area contributed by atoms with Crippen molar-refractivity contribution in [3.8, 4) is 11.5 Å². The van der Waals surface area contributed by atoms with Gasteiger partial charge in [0.1, 0.15) is 0 Å². The van der Waals surface area contributed by atoms with Gasteiger partial charge < -0.3 is 19.5 Å². The Morgan fingerprint density at radius 1 is 1.37 bits per heavy atom. The number of hydrogen-bond acceptors (Lipinski definition) is 4. The number of para-hydroxylation sites is 1. The van der Waals surface area contributed by atoms with Crippen LogP contribution in [0.25, 0.3) is 0 Å². The van der Waals surface area contributed by atoms with Crippen molar-refractivity contribution < 1.29 is 27.8 Å². The second-order valence-electron chi connectivity index (χ2n) is 9.45. The first-order valence-corrected chi connectivity index (χ1v) is 10.8. The Labute approximate surface area is 176 Å². The Kier molecular flexibility index (Phi) is 5.45. The molecule has 1 aromatic rings. The number of carbonyl (C=O) groups excluding carboxylic acids is 1. The number of amides is 1. The highest BCUT2D eigenvalue weighted by Gasteiger charge is 2.68. The first-order chi connectivity index (χ1) is 14.2. The fourth-order valence-electron chi connectivity index (χ4n) is 6.49. The minimum atomic E-state index is -2.95. The van der Waals surface area contributed by atoms with Gasteiger partial charge in [0.05, 0.1) is 13.2 Å². The van der Waals surface area contributed by atoms with Crippen LogP contribution in [0.3, 0.4) is 0 Å². The Bertz CT molecular complexity index is 814. The molecule has 166 valence electrons. The minimum absolute atomic E-state index is 0.0140. The molecule has 7 heteroatoms. The van der Waals surface area contributed by atoms with Gasteiger partial charge in [0.15, 0.2) is 11.5 Å². The van der Waals surface area contributed by atoms with Crippen LogP contribution < -0.4 is 14.8 Å². The number of methoxy groups -OCH3 is 1. The van der Waals surface area contributed by atoms with Crippen LogP contribution in [-0.2, 0) is 9.53 Å². The first-order valence-electron chi connectivity index (χ1n) is 10.8. The van der Waals surface area contributed by atoms with Crippen molar-refractivity contribution in [3.05, 3.63) is 23.8 Å². The van der Waals surface area contributed by atoms with Crippen molar-refractivity contribution in [1.29, 1.82) is 0 Å².